The molecule has 9 heteroatoms. The van der Waals surface area contributed by atoms with Gasteiger partial charge in [-0.25, -0.2) is 9.86 Å². The molecule has 1 aromatic carbocycles. The Bertz CT molecular complexity index is 645. The first-order valence-electron chi connectivity index (χ1n) is 8.41. The Hall–Kier alpha value is -2.13. The van der Waals surface area contributed by atoms with Crippen molar-refractivity contribution >= 4 is 11.9 Å². The smallest absolute Gasteiger partial charge is 0.361 e. The highest BCUT2D eigenvalue weighted by molar-refractivity contribution is 5.78. The quantitative estimate of drug-likeness (QED) is 0.816. The molecule has 0 N–H and O–H groups in total. The normalized spacial score (nSPS) is 22.4. The molecule has 2 heterocycles. The third-order valence-electron chi connectivity index (χ3n) is 4.55. The molecule has 2 aliphatic heterocycles. The van der Waals surface area contributed by atoms with E-state index in [-0.39, 0.29) is 31.0 Å². The first kappa shape index (κ1) is 18.7. The van der Waals surface area contributed by atoms with Gasteiger partial charge in [0.2, 0.25) is 5.91 Å². The number of carbonyl (C=O) groups excluding carboxylic acids is 2. The molecule has 1 atom stereocenters. The summed E-state index contributed by atoms with van der Waals surface area (Å²) in [6.45, 7) is 0.581. The third kappa shape index (κ3) is 4.16. The Morgan fingerprint density at radius 1 is 1.08 bits per heavy atom. The summed E-state index contributed by atoms with van der Waals surface area (Å²) >= 11 is 0. The van der Waals surface area contributed by atoms with Crippen LogP contribution in [0.4, 0.5) is 13.2 Å². The molecule has 0 aliphatic carbocycles. The summed E-state index contributed by atoms with van der Waals surface area (Å²) in [4.78, 5) is 33.5. The van der Waals surface area contributed by atoms with Gasteiger partial charge in [0, 0.05) is 25.4 Å². The first-order valence-corrected chi connectivity index (χ1v) is 8.41. The number of hydrogen-bond acceptors (Lipinski definition) is 5. The topological polar surface area (TPSA) is 59.1 Å². The monoisotopic (exact) mass is 372 g/mol. The van der Waals surface area contributed by atoms with Crippen molar-refractivity contribution in [2.24, 2.45) is 5.92 Å². The van der Waals surface area contributed by atoms with Crippen LogP contribution in [-0.2, 0) is 19.3 Å². The van der Waals surface area contributed by atoms with Crippen molar-refractivity contribution in [2.45, 2.75) is 31.5 Å². The van der Waals surface area contributed by atoms with Gasteiger partial charge in [-0.05, 0) is 18.4 Å². The number of carbonyl (C=O) groups is 2. The number of halogens is 3. The molecule has 2 fully saturated rings. The van der Waals surface area contributed by atoms with E-state index in [0.717, 1.165) is 10.6 Å². The lowest BCUT2D eigenvalue weighted by Crippen LogP contribution is -2.44. The number of hydroxylamine groups is 4. The van der Waals surface area contributed by atoms with E-state index in [4.69, 9.17) is 4.84 Å². The summed E-state index contributed by atoms with van der Waals surface area (Å²) < 4.78 is 36.7. The minimum Gasteiger partial charge on any atom is -0.361 e. The molecule has 3 rings (SSSR count). The maximum absolute atomic E-state index is 12.8. The number of benzene rings is 1. The highest BCUT2D eigenvalue weighted by Crippen LogP contribution is 2.33. The Balaban J connectivity index is 1.56. The van der Waals surface area contributed by atoms with E-state index in [1.165, 1.54) is 5.06 Å². The van der Waals surface area contributed by atoms with Gasteiger partial charge >= 0.3 is 12.1 Å². The molecule has 142 valence electrons. The largest absolute Gasteiger partial charge is 0.492 e. The standard InChI is InChI=1S/C17H19F3N2O4/c18-17(19,20)16(24)26-21-9-6-13(7-10-21)15(23)22-14(8-11-25-22)12-4-2-1-3-5-12/h1-5,13-14H,6-11H2/t14-/m0/s1. The molecule has 0 unspecified atom stereocenters. The van der Waals surface area contributed by atoms with Gasteiger partial charge in [0.05, 0.1) is 12.6 Å². The zero-order valence-electron chi connectivity index (χ0n) is 13.9. The number of hydrogen-bond donors (Lipinski definition) is 0. The van der Waals surface area contributed by atoms with Crippen molar-refractivity contribution < 1.29 is 32.4 Å². The van der Waals surface area contributed by atoms with Crippen LogP contribution in [-0.4, -0.2) is 47.9 Å². The van der Waals surface area contributed by atoms with E-state index in [9.17, 15) is 22.8 Å². The zero-order valence-corrected chi connectivity index (χ0v) is 13.9. The van der Waals surface area contributed by atoms with Crippen molar-refractivity contribution in [3.05, 3.63) is 35.9 Å². The van der Waals surface area contributed by atoms with Crippen LogP contribution >= 0.6 is 0 Å². The fourth-order valence-electron chi connectivity index (χ4n) is 3.21. The predicted molar refractivity (Wildman–Crippen MR) is 83.0 cm³/mol. The molecule has 0 spiro atoms. The molecule has 2 aliphatic rings. The van der Waals surface area contributed by atoms with Crippen molar-refractivity contribution in [2.75, 3.05) is 19.7 Å². The minimum absolute atomic E-state index is 0.0715. The third-order valence-corrected chi connectivity index (χ3v) is 4.55. The number of amides is 1. The molecule has 2 saturated heterocycles. The van der Waals surface area contributed by atoms with Gasteiger partial charge in [0.1, 0.15) is 0 Å². The molecule has 26 heavy (non-hydrogen) atoms. The molecule has 1 amide bonds. The Morgan fingerprint density at radius 3 is 2.35 bits per heavy atom. The van der Waals surface area contributed by atoms with Crippen LogP contribution in [0.2, 0.25) is 0 Å². The second-order valence-corrected chi connectivity index (χ2v) is 6.29. The van der Waals surface area contributed by atoms with Crippen molar-refractivity contribution in [1.29, 1.82) is 0 Å². The molecule has 1 aromatic rings. The second-order valence-electron chi connectivity index (χ2n) is 6.29. The highest BCUT2D eigenvalue weighted by Gasteiger charge is 2.43. The van der Waals surface area contributed by atoms with Crippen LogP contribution < -0.4 is 0 Å². The van der Waals surface area contributed by atoms with E-state index in [1.807, 2.05) is 30.3 Å². The lowest BCUT2D eigenvalue weighted by atomic mass is 9.95. The van der Waals surface area contributed by atoms with Crippen LogP contribution in [0.5, 0.6) is 0 Å². The fourth-order valence-corrected chi connectivity index (χ4v) is 3.21. The fraction of sp³-hybridized carbons (Fsp3) is 0.529. The van der Waals surface area contributed by atoms with Crippen molar-refractivity contribution in [3.63, 3.8) is 0 Å². The number of alkyl halides is 3. The van der Waals surface area contributed by atoms with Gasteiger partial charge in [0.15, 0.2) is 0 Å². The second kappa shape index (κ2) is 7.63. The molecule has 0 aromatic heterocycles. The first-order chi connectivity index (χ1) is 12.4. The van der Waals surface area contributed by atoms with Crippen LogP contribution in [0.15, 0.2) is 30.3 Å². The minimum atomic E-state index is -5.03. The molecule has 0 bridgehead atoms. The number of piperidine rings is 1. The van der Waals surface area contributed by atoms with Crippen LogP contribution in [0.3, 0.4) is 0 Å². The van der Waals surface area contributed by atoms with Gasteiger partial charge in [-0.2, -0.15) is 13.2 Å². The summed E-state index contributed by atoms with van der Waals surface area (Å²) in [5, 5.41) is 2.34. The Labute approximate surface area is 148 Å². The predicted octanol–water partition coefficient (Wildman–Crippen LogP) is 2.62. The highest BCUT2D eigenvalue weighted by atomic mass is 19.4. The lowest BCUT2D eigenvalue weighted by molar-refractivity contribution is -0.243. The van der Waals surface area contributed by atoms with Crippen molar-refractivity contribution in [3.8, 4) is 0 Å². The van der Waals surface area contributed by atoms with E-state index in [2.05, 4.69) is 4.84 Å². The maximum atomic E-state index is 12.8. The SMILES string of the molecule is O=C(C1CCN(OC(=O)C(F)(F)F)CC1)N1OCC[C@H]1c1ccccc1. The van der Waals surface area contributed by atoms with Crippen LogP contribution in [0.1, 0.15) is 30.9 Å². The summed E-state index contributed by atoms with van der Waals surface area (Å²) in [5.41, 5.74) is 0.981. The van der Waals surface area contributed by atoms with E-state index in [1.54, 1.807) is 0 Å². The lowest BCUT2D eigenvalue weighted by Gasteiger charge is -2.33. The summed E-state index contributed by atoms with van der Waals surface area (Å²) in [5.74, 6) is -2.80. The average molecular weight is 372 g/mol. The molecule has 6 nitrogen and oxygen atoms in total. The summed E-state index contributed by atoms with van der Waals surface area (Å²) in [7, 11) is 0. The van der Waals surface area contributed by atoms with Crippen LogP contribution in [0.25, 0.3) is 0 Å². The number of rotatable bonds is 3. The van der Waals surface area contributed by atoms with E-state index >= 15 is 0 Å². The molecular weight excluding hydrogens is 353 g/mol. The Kier molecular flexibility index (Phi) is 5.47. The summed E-state index contributed by atoms with van der Waals surface area (Å²) in [6, 6.07) is 9.37. The van der Waals surface area contributed by atoms with Gasteiger partial charge in [-0.15, -0.1) is 5.06 Å². The van der Waals surface area contributed by atoms with E-state index < -0.39 is 12.1 Å². The van der Waals surface area contributed by atoms with Gasteiger partial charge in [0.25, 0.3) is 0 Å². The number of nitrogens with zero attached hydrogens (tertiary/aromatic N) is 2. The maximum Gasteiger partial charge on any atom is 0.492 e. The molecule has 0 saturated carbocycles. The molecular formula is C17H19F3N2O4. The Morgan fingerprint density at radius 2 is 1.73 bits per heavy atom. The van der Waals surface area contributed by atoms with Gasteiger partial charge in [-0.1, -0.05) is 30.3 Å². The average Bonchev–Trinajstić information content (AvgIpc) is 3.11. The van der Waals surface area contributed by atoms with Gasteiger partial charge < -0.3 is 4.84 Å². The summed E-state index contributed by atoms with van der Waals surface area (Å²) in [6.07, 6.45) is -3.74. The van der Waals surface area contributed by atoms with Gasteiger partial charge in [-0.3, -0.25) is 9.63 Å². The zero-order chi connectivity index (χ0) is 18.7. The molecule has 0 radical (unpaired) electrons. The van der Waals surface area contributed by atoms with Crippen LogP contribution in [0, 0.1) is 5.92 Å². The van der Waals surface area contributed by atoms with E-state index in [0.29, 0.717) is 25.9 Å². The van der Waals surface area contributed by atoms with Crippen molar-refractivity contribution in [1.82, 2.24) is 10.1 Å².